The monoisotopic (exact) mass is 240 g/mol. The van der Waals surface area contributed by atoms with Crippen LogP contribution in [0.15, 0.2) is 36.8 Å². The Morgan fingerprint density at radius 3 is 2.76 bits per heavy atom. The highest BCUT2D eigenvalue weighted by molar-refractivity contribution is 5.24. The minimum absolute atomic E-state index is 0.247. The highest BCUT2D eigenvalue weighted by atomic mass is 19.3. The summed E-state index contributed by atoms with van der Waals surface area (Å²) >= 11 is 0. The van der Waals surface area contributed by atoms with E-state index in [9.17, 15) is 8.78 Å². The van der Waals surface area contributed by atoms with Gasteiger partial charge in [0.15, 0.2) is 0 Å². The number of rotatable bonds is 4. The average molecular weight is 240 g/mol. The maximum atomic E-state index is 12.3. The average Bonchev–Trinajstić information content (AvgIpc) is 2.76. The second-order valence-electron chi connectivity index (χ2n) is 3.57. The molecule has 2 heterocycles. The van der Waals surface area contributed by atoms with Crippen molar-refractivity contribution in [3.8, 4) is 0 Å². The quantitative estimate of drug-likeness (QED) is 0.822. The van der Waals surface area contributed by atoms with Crippen LogP contribution in [-0.4, -0.2) is 21.2 Å². The fraction of sp³-hybridized carbons (Fsp3) is 0.333. The van der Waals surface area contributed by atoms with E-state index in [1.165, 1.54) is 24.7 Å². The minimum Gasteiger partial charge on any atom is -0.267 e. The SMILES string of the molecule is [2H]C([2H])([2H])[C@H](c1ccncc1)c1ccn(CC(F)F)n1. The van der Waals surface area contributed by atoms with Gasteiger partial charge in [0.05, 0.1) is 5.69 Å². The van der Waals surface area contributed by atoms with Gasteiger partial charge in [-0.15, -0.1) is 0 Å². The fourth-order valence-electron chi connectivity index (χ4n) is 1.50. The van der Waals surface area contributed by atoms with E-state index in [4.69, 9.17) is 4.11 Å². The Balaban J connectivity index is 2.35. The van der Waals surface area contributed by atoms with Crippen LogP contribution in [-0.2, 0) is 6.54 Å². The van der Waals surface area contributed by atoms with Crippen molar-refractivity contribution in [1.29, 1.82) is 0 Å². The highest BCUT2D eigenvalue weighted by Crippen LogP contribution is 2.21. The number of hydrogen-bond acceptors (Lipinski definition) is 2. The van der Waals surface area contributed by atoms with Gasteiger partial charge in [0.25, 0.3) is 6.43 Å². The van der Waals surface area contributed by atoms with Crippen LogP contribution in [0.25, 0.3) is 0 Å². The zero-order valence-corrected chi connectivity index (χ0v) is 8.92. The van der Waals surface area contributed by atoms with Gasteiger partial charge >= 0.3 is 0 Å². The van der Waals surface area contributed by atoms with Crippen molar-refractivity contribution in [1.82, 2.24) is 14.8 Å². The second kappa shape index (κ2) is 5.03. The van der Waals surface area contributed by atoms with Crippen molar-refractivity contribution in [2.24, 2.45) is 0 Å². The van der Waals surface area contributed by atoms with E-state index in [0.717, 1.165) is 4.68 Å². The maximum absolute atomic E-state index is 12.3. The van der Waals surface area contributed by atoms with Crippen LogP contribution in [0.4, 0.5) is 8.78 Å². The predicted octanol–water partition coefficient (Wildman–Crippen LogP) is 2.70. The minimum atomic E-state index is -2.53. The van der Waals surface area contributed by atoms with Gasteiger partial charge < -0.3 is 0 Å². The Labute approximate surface area is 102 Å². The molecule has 0 aliphatic carbocycles. The van der Waals surface area contributed by atoms with Gasteiger partial charge in [-0.25, -0.2) is 8.78 Å². The van der Waals surface area contributed by atoms with Gasteiger partial charge in [-0.3, -0.25) is 9.67 Å². The van der Waals surface area contributed by atoms with Gasteiger partial charge in [-0.1, -0.05) is 6.85 Å². The molecule has 0 aromatic carbocycles. The lowest BCUT2D eigenvalue weighted by Gasteiger charge is -2.08. The van der Waals surface area contributed by atoms with E-state index in [-0.39, 0.29) is 5.69 Å². The maximum Gasteiger partial charge on any atom is 0.257 e. The molecule has 0 aliphatic rings. The standard InChI is InChI=1S/C12H13F2N3/c1-9(10-2-5-15-6-3-10)11-4-7-17(16-11)8-12(13)14/h2-7,9,12H,8H2,1H3/t9-/m1/s1/i1D3. The molecule has 0 amide bonds. The summed E-state index contributed by atoms with van der Waals surface area (Å²) in [4.78, 5) is 3.84. The molecule has 2 aromatic heterocycles. The third-order valence-corrected chi connectivity index (χ3v) is 2.32. The lowest BCUT2D eigenvalue weighted by Crippen LogP contribution is -2.08. The van der Waals surface area contributed by atoms with Crippen LogP contribution in [0.1, 0.15) is 28.1 Å². The van der Waals surface area contributed by atoms with Crippen molar-refractivity contribution in [2.45, 2.75) is 25.7 Å². The molecular formula is C12H13F2N3. The topological polar surface area (TPSA) is 30.7 Å². The summed E-state index contributed by atoms with van der Waals surface area (Å²) in [5, 5.41) is 3.95. The van der Waals surface area contributed by atoms with Crippen molar-refractivity contribution < 1.29 is 12.9 Å². The van der Waals surface area contributed by atoms with Crippen LogP contribution in [0, 0.1) is 0 Å². The lowest BCUT2D eigenvalue weighted by atomic mass is 9.99. The van der Waals surface area contributed by atoms with Crippen LogP contribution < -0.4 is 0 Å². The van der Waals surface area contributed by atoms with Crippen LogP contribution in [0.5, 0.6) is 0 Å². The molecule has 17 heavy (non-hydrogen) atoms. The number of nitrogens with zero attached hydrogens (tertiary/aromatic N) is 3. The molecule has 0 fully saturated rings. The first-order valence-electron chi connectivity index (χ1n) is 6.59. The van der Waals surface area contributed by atoms with Crippen LogP contribution in [0.3, 0.4) is 0 Å². The van der Waals surface area contributed by atoms with Gasteiger partial charge in [-0.2, -0.15) is 5.10 Å². The summed E-state index contributed by atoms with van der Waals surface area (Å²) in [5.41, 5.74) is 0.777. The van der Waals surface area contributed by atoms with Crippen molar-refractivity contribution in [2.75, 3.05) is 0 Å². The van der Waals surface area contributed by atoms with Crippen molar-refractivity contribution in [3.05, 3.63) is 48.0 Å². The molecule has 0 N–H and O–H groups in total. The number of halogens is 2. The summed E-state index contributed by atoms with van der Waals surface area (Å²) in [6.45, 7) is -2.87. The van der Waals surface area contributed by atoms with E-state index < -0.39 is 25.7 Å². The Morgan fingerprint density at radius 2 is 2.12 bits per heavy atom. The molecule has 90 valence electrons. The molecule has 0 bridgehead atoms. The molecule has 0 aliphatic heterocycles. The first kappa shape index (κ1) is 8.33. The van der Waals surface area contributed by atoms with Crippen LogP contribution in [0.2, 0.25) is 0 Å². The second-order valence-corrected chi connectivity index (χ2v) is 3.57. The van der Waals surface area contributed by atoms with Crippen LogP contribution >= 0.6 is 0 Å². The normalized spacial score (nSPS) is 16.3. The fourth-order valence-corrected chi connectivity index (χ4v) is 1.50. The smallest absolute Gasteiger partial charge is 0.257 e. The predicted molar refractivity (Wildman–Crippen MR) is 60.0 cm³/mol. The van der Waals surface area contributed by atoms with Crippen molar-refractivity contribution >= 4 is 0 Å². The van der Waals surface area contributed by atoms with Crippen molar-refractivity contribution in [3.63, 3.8) is 0 Å². The summed E-state index contributed by atoms with van der Waals surface area (Å²) in [6.07, 6.45) is 1.81. The zero-order chi connectivity index (χ0) is 14.8. The molecule has 1 atom stereocenters. The Hall–Kier alpha value is -1.78. The first-order valence-corrected chi connectivity index (χ1v) is 5.09. The molecule has 2 aromatic rings. The number of hydrogen-bond donors (Lipinski definition) is 0. The highest BCUT2D eigenvalue weighted by Gasteiger charge is 2.12. The zero-order valence-electron chi connectivity index (χ0n) is 11.9. The number of aromatic nitrogens is 3. The molecule has 0 spiro atoms. The van der Waals surface area contributed by atoms with E-state index in [1.807, 2.05) is 0 Å². The van der Waals surface area contributed by atoms with Gasteiger partial charge in [0, 0.05) is 28.6 Å². The van der Waals surface area contributed by atoms with E-state index >= 15 is 0 Å². The van der Waals surface area contributed by atoms with Gasteiger partial charge in [0.2, 0.25) is 0 Å². The Bertz CT molecular complexity index is 555. The third kappa shape index (κ3) is 2.87. The summed E-state index contributed by atoms with van der Waals surface area (Å²) in [7, 11) is 0. The van der Waals surface area contributed by atoms with Gasteiger partial charge in [-0.05, 0) is 23.8 Å². The molecule has 3 nitrogen and oxygen atoms in total. The third-order valence-electron chi connectivity index (χ3n) is 2.32. The van der Waals surface area contributed by atoms with Gasteiger partial charge in [0.1, 0.15) is 6.54 Å². The molecule has 2 rings (SSSR count). The summed E-state index contributed by atoms with van der Waals surface area (Å²) < 4.78 is 48.6. The molecule has 0 radical (unpaired) electrons. The van der Waals surface area contributed by atoms with E-state index in [0.29, 0.717) is 5.56 Å². The lowest BCUT2D eigenvalue weighted by molar-refractivity contribution is 0.121. The number of alkyl halides is 2. The van der Waals surface area contributed by atoms with E-state index in [2.05, 4.69) is 10.1 Å². The molecule has 0 saturated heterocycles. The summed E-state index contributed by atoms with van der Waals surface area (Å²) in [6, 6.07) is 4.63. The molecular weight excluding hydrogens is 224 g/mol. The Morgan fingerprint density at radius 1 is 1.35 bits per heavy atom. The summed E-state index contributed by atoms with van der Waals surface area (Å²) in [5.74, 6) is -0.954. The Kier molecular flexibility index (Phi) is 2.47. The van der Waals surface area contributed by atoms with E-state index in [1.54, 1.807) is 12.1 Å². The first-order chi connectivity index (χ1) is 9.38. The molecule has 5 heteroatoms. The molecule has 0 saturated carbocycles. The largest absolute Gasteiger partial charge is 0.267 e. The number of pyridine rings is 1. The molecule has 0 unspecified atom stereocenters.